The Hall–Kier alpha value is -3.15. The Kier molecular flexibility index (Phi) is 6.42. The van der Waals surface area contributed by atoms with Crippen LogP contribution in [0.15, 0.2) is 83.3 Å². The first kappa shape index (κ1) is 20.1. The van der Waals surface area contributed by atoms with Gasteiger partial charge in [0, 0.05) is 21.5 Å². The van der Waals surface area contributed by atoms with E-state index in [0.29, 0.717) is 11.6 Å². The summed E-state index contributed by atoms with van der Waals surface area (Å²) in [7, 11) is 0. The standard InChI is InChI=1S/C24H20ClN3OS/c1-17-6-5-7-18(12-17)15-29-23-11-10-21(25)13-20(23)14-26-28-24-27-22(16-30-24)19-8-3-2-4-9-19/h2-14,16H,15H2,1H3,(H,27,28). The topological polar surface area (TPSA) is 46.5 Å². The Morgan fingerprint density at radius 1 is 1.07 bits per heavy atom. The zero-order chi connectivity index (χ0) is 20.8. The summed E-state index contributed by atoms with van der Waals surface area (Å²) in [6.07, 6.45) is 1.70. The van der Waals surface area contributed by atoms with Gasteiger partial charge in [-0.25, -0.2) is 4.98 Å². The Morgan fingerprint density at radius 2 is 1.93 bits per heavy atom. The van der Waals surface area contributed by atoms with Crippen LogP contribution in [0.3, 0.4) is 0 Å². The molecular weight excluding hydrogens is 414 g/mol. The second-order valence-corrected chi connectivity index (χ2v) is 8.03. The number of anilines is 1. The second-order valence-electron chi connectivity index (χ2n) is 6.73. The van der Waals surface area contributed by atoms with Crippen molar-refractivity contribution >= 4 is 34.3 Å². The van der Waals surface area contributed by atoms with Gasteiger partial charge >= 0.3 is 0 Å². The highest BCUT2D eigenvalue weighted by molar-refractivity contribution is 7.14. The second kappa shape index (κ2) is 9.57. The van der Waals surface area contributed by atoms with Crippen molar-refractivity contribution in [3.63, 3.8) is 0 Å². The van der Waals surface area contributed by atoms with Gasteiger partial charge in [0.15, 0.2) is 0 Å². The summed E-state index contributed by atoms with van der Waals surface area (Å²) < 4.78 is 6.01. The molecule has 0 radical (unpaired) electrons. The van der Waals surface area contributed by atoms with Gasteiger partial charge in [-0.15, -0.1) is 11.3 Å². The van der Waals surface area contributed by atoms with E-state index in [4.69, 9.17) is 16.3 Å². The molecule has 1 heterocycles. The SMILES string of the molecule is Cc1cccc(COc2ccc(Cl)cc2C=NNc2nc(-c3ccccc3)cs2)c1. The number of nitrogens with zero attached hydrogens (tertiary/aromatic N) is 2. The van der Waals surface area contributed by atoms with E-state index in [1.807, 2.05) is 66.0 Å². The van der Waals surface area contributed by atoms with Crippen molar-refractivity contribution in [3.8, 4) is 17.0 Å². The highest BCUT2D eigenvalue weighted by atomic mass is 35.5. The van der Waals surface area contributed by atoms with Gasteiger partial charge in [0.05, 0.1) is 11.9 Å². The molecule has 0 spiro atoms. The number of hydrazone groups is 1. The number of thiazole rings is 1. The van der Waals surface area contributed by atoms with Crippen LogP contribution in [0.25, 0.3) is 11.3 Å². The van der Waals surface area contributed by atoms with E-state index in [1.165, 1.54) is 16.9 Å². The summed E-state index contributed by atoms with van der Waals surface area (Å²) in [6, 6.07) is 23.8. The number of hydrogen-bond acceptors (Lipinski definition) is 5. The molecule has 0 atom stereocenters. The highest BCUT2D eigenvalue weighted by Gasteiger charge is 2.06. The number of halogens is 1. The summed E-state index contributed by atoms with van der Waals surface area (Å²) >= 11 is 7.68. The van der Waals surface area contributed by atoms with E-state index >= 15 is 0 Å². The predicted molar refractivity (Wildman–Crippen MR) is 126 cm³/mol. The molecule has 0 bridgehead atoms. The van der Waals surface area contributed by atoms with Crippen LogP contribution in [0.1, 0.15) is 16.7 Å². The van der Waals surface area contributed by atoms with Crippen LogP contribution in [-0.4, -0.2) is 11.2 Å². The van der Waals surface area contributed by atoms with Crippen molar-refractivity contribution in [2.75, 3.05) is 5.43 Å². The highest BCUT2D eigenvalue weighted by Crippen LogP contribution is 2.25. The van der Waals surface area contributed by atoms with Crippen molar-refractivity contribution in [1.82, 2.24) is 4.98 Å². The molecule has 0 aliphatic heterocycles. The average molecular weight is 434 g/mol. The zero-order valence-electron chi connectivity index (χ0n) is 16.4. The normalized spacial score (nSPS) is 11.0. The van der Waals surface area contributed by atoms with E-state index in [2.05, 4.69) is 34.6 Å². The van der Waals surface area contributed by atoms with Crippen LogP contribution in [0.4, 0.5) is 5.13 Å². The molecule has 4 rings (SSSR count). The van der Waals surface area contributed by atoms with Crippen LogP contribution in [0.2, 0.25) is 5.02 Å². The number of aromatic nitrogens is 1. The Bertz CT molecular complexity index is 1160. The molecule has 0 fully saturated rings. The summed E-state index contributed by atoms with van der Waals surface area (Å²) in [5, 5.41) is 7.67. The van der Waals surface area contributed by atoms with Crippen molar-refractivity contribution in [3.05, 3.63) is 99.9 Å². The maximum Gasteiger partial charge on any atom is 0.203 e. The monoisotopic (exact) mass is 433 g/mol. The predicted octanol–water partition coefficient (Wildman–Crippen LogP) is 6.80. The smallest absolute Gasteiger partial charge is 0.203 e. The minimum absolute atomic E-state index is 0.477. The molecule has 4 aromatic rings. The molecule has 4 nitrogen and oxygen atoms in total. The third kappa shape index (κ3) is 5.26. The van der Waals surface area contributed by atoms with Gasteiger partial charge < -0.3 is 4.74 Å². The fraction of sp³-hybridized carbons (Fsp3) is 0.0833. The molecule has 0 unspecified atom stereocenters. The minimum atomic E-state index is 0.477. The maximum absolute atomic E-state index is 6.17. The lowest BCUT2D eigenvalue weighted by atomic mass is 10.1. The van der Waals surface area contributed by atoms with Gasteiger partial charge in [-0.2, -0.15) is 5.10 Å². The number of ether oxygens (including phenoxy) is 1. The Balaban J connectivity index is 1.44. The molecule has 1 aromatic heterocycles. The molecule has 3 aromatic carbocycles. The van der Waals surface area contributed by atoms with Gasteiger partial charge in [-0.1, -0.05) is 71.8 Å². The van der Waals surface area contributed by atoms with E-state index < -0.39 is 0 Å². The summed E-state index contributed by atoms with van der Waals surface area (Å²) in [5.41, 5.74) is 8.10. The lowest BCUT2D eigenvalue weighted by Gasteiger charge is -2.10. The van der Waals surface area contributed by atoms with Crippen molar-refractivity contribution in [2.24, 2.45) is 5.10 Å². The molecule has 150 valence electrons. The van der Waals surface area contributed by atoms with Gasteiger partial charge in [0.25, 0.3) is 0 Å². The van der Waals surface area contributed by atoms with Gasteiger partial charge in [0.1, 0.15) is 12.4 Å². The summed E-state index contributed by atoms with van der Waals surface area (Å²) in [5.74, 6) is 0.718. The van der Waals surface area contributed by atoms with E-state index in [-0.39, 0.29) is 0 Å². The molecule has 0 saturated heterocycles. The van der Waals surface area contributed by atoms with Crippen LogP contribution >= 0.6 is 22.9 Å². The number of rotatable bonds is 7. The first-order valence-corrected chi connectivity index (χ1v) is 10.7. The Morgan fingerprint density at radius 3 is 2.77 bits per heavy atom. The third-order valence-electron chi connectivity index (χ3n) is 4.39. The summed E-state index contributed by atoms with van der Waals surface area (Å²) in [6.45, 7) is 2.54. The summed E-state index contributed by atoms with van der Waals surface area (Å²) in [4.78, 5) is 4.57. The molecule has 6 heteroatoms. The first-order chi connectivity index (χ1) is 14.7. The number of aryl methyl sites for hydroxylation is 1. The largest absolute Gasteiger partial charge is 0.488 e. The molecule has 30 heavy (non-hydrogen) atoms. The van der Waals surface area contributed by atoms with Crippen molar-refractivity contribution < 1.29 is 4.74 Å². The fourth-order valence-electron chi connectivity index (χ4n) is 2.94. The van der Waals surface area contributed by atoms with Crippen LogP contribution in [0.5, 0.6) is 5.75 Å². The van der Waals surface area contributed by atoms with Gasteiger partial charge in [0.2, 0.25) is 5.13 Å². The van der Waals surface area contributed by atoms with E-state index in [1.54, 1.807) is 6.21 Å². The van der Waals surface area contributed by atoms with Crippen LogP contribution < -0.4 is 10.2 Å². The Labute approximate surface area is 184 Å². The quantitative estimate of drug-likeness (QED) is 0.257. The molecule has 1 N–H and O–H groups in total. The van der Waals surface area contributed by atoms with E-state index in [9.17, 15) is 0 Å². The van der Waals surface area contributed by atoms with Gasteiger partial charge in [-0.05, 0) is 30.7 Å². The number of hydrogen-bond donors (Lipinski definition) is 1. The number of nitrogens with one attached hydrogen (secondary N) is 1. The third-order valence-corrected chi connectivity index (χ3v) is 5.37. The maximum atomic E-state index is 6.17. The minimum Gasteiger partial charge on any atom is -0.488 e. The molecular formula is C24H20ClN3OS. The lowest BCUT2D eigenvalue weighted by Crippen LogP contribution is -1.99. The average Bonchev–Trinajstić information content (AvgIpc) is 3.23. The first-order valence-electron chi connectivity index (χ1n) is 9.45. The molecule has 0 amide bonds. The van der Waals surface area contributed by atoms with Crippen molar-refractivity contribution in [1.29, 1.82) is 0 Å². The molecule has 0 aliphatic carbocycles. The zero-order valence-corrected chi connectivity index (χ0v) is 18.0. The van der Waals surface area contributed by atoms with Crippen LogP contribution in [-0.2, 0) is 6.61 Å². The lowest BCUT2D eigenvalue weighted by molar-refractivity contribution is 0.305. The van der Waals surface area contributed by atoms with Crippen molar-refractivity contribution in [2.45, 2.75) is 13.5 Å². The molecule has 0 saturated carbocycles. The van der Waals surface area contributed by atoms with Crippen LogP contribution in [0, 0.1) is 6.92 Å². The number of benzene rings is 3. The fourth-order valence-corrected chi connectivity index (χ4v) is 3.79. The molecule has 0 aliphatic rings. The van der Waals surface area contributed by atoms with Gasteiger partial charge in [-0.3, -0.25) is 5.43 Å². The van der Waals surface area contributed by atoms with E-state index in [0.717, 1.165) is 33.3 Å².